The van der Waals surface area contributed by atoms with Crippen LogP contribution in [0.25, 0.3) is 6.08 Å². The maximum absolute atomic E-state index is 12.6. The number of hydrogen-bond donors (Lipinski definition) is 2. The first kappa shape index (κ1) is 23.8. The molecule has 0 heterocycles. The third-order valence-corrected chi connectivity index (χ3v) is 6.31. The molecule has 2 rings (SSSR count). The molecule has 9 heteroatoms. The summed E-state index contributed by atoms with van der Waals surface area (Å²) in [6, 6.07) is 15.1. The highest BCUT2D eigenvalue weighted by Gasteiger charge is 2.24. The molecule has 30 heavy (non-hydrogen) atoms. The molecule has 7 nitrogen and oxygen atoms in total. The zero-order chi connectivity index (χ0) is 22.2. The number of carbonyl (C=O) groups excluding carboxylic acids is 1. The van der Waals surface area contributed by atoms with Crippen LogP contribution in [-0.4, -0.2) is 40.8 Å². The molecule has 0 bridgehead atoms. The van der Waals surface area contributed by atoms with Crippen molar-refractivity contribution in [1.29, 1.82) is 0 Å². The number of nitrogens with one attached hydrogen (secondary N) is 2. The quantitative estimate of drug-likeness (QED) is 0.575. The first-order chi connectivity index (χ1) is 14.0. The van der Waals surface area contributed by atoms with E-state index >= 15 is 0 Å². The van der Waals surface area contributed by atoms with Crippen LogP contribution in [0.3, 0.4) is 0 Å². The molecule has 0 saturated carbocycles. The van der Waals surface area contributed by atoms with E-state index in [9.17, 15) is 21.6 Å². The van der Waals surface area contributed by atoms with E-state index in [1.807, 2.05) is 37.3 Å². The minimum Gasteiger partial charge on any atom is -0.351 e. The van der Waals surface area contributed by atoms with Crippen molar-refractivity contribution >= 4 is 31.8 Å². The Hall–Kier alpha value is -2.49. The van der Waals surface area contributed by atoms with Gasteiger partial charge in [-0.05, 0) is 30.5 Å². The fourth-order valence-electron chi connectivity index (χ4n) is 2.56. The van der Waals surface area contributed by atoms with Crippen molar-refractivity contribution in [2.75, 3.05) is 12.0 Å². The maximum atomic E-state index is 12.6. The topological polar surface area (TPSA) is 109 Å². The number of sulfonamides is 1. The summed E-state index contributed by atoms with van der Waals surface area (Å²) in [7, 11) is -7.33. The summed E-state index contributed by atoms with van der Waals surface area (Å²) >= 11 is 0. The summed E-state index contributed by atoms with van der Waals surface area (Å²) in [5, 5.41) is 3.63. The molecule has 1 amide bonds. The molecule has 1 atom stereocenters. The van der Waals surface area contributed by atoms with Crippen LogP contribution in [0.15, 0.2) is 60.0 Å². The Morgan fingerprint density at radius 3 is 2.23 bits per heavy atom. The smallest absolute Gasteiger partial charge is 0.238 e. The fraction of sp³-hybridized carbons (Fsp3) is 0.286. The van der Waals surface area contributed by atoms with Crippen LogP contribution in [-0.2, 0) is 31.2 Å². The van der Waals surface area contributed by atoms with Gasteiger partial charge in [0.25, 0.3) is 0 Å². The fourth-order valence-corrected chi connectivity index (χ4v) is 4.26. The molecule has 0 aliphatic heterocycles. The Morgan fingerprint density at radius 2 is 1.63 bits per heavy atom. The van der Waals surface area contributed by atoms with Gasteiger partial charge in [-0.15, -0.1) is 0 Å². The van der Waals surface area contributed by atoms with Gasteiger partial charge in [0, 0.05) is 18.2 Å². The average Bonchev–Trinajstić information content (AvgIpc) is 2.69. The third-order valence-electron chi connectivity index (χ3n) is 4.23. The lowest BCUT2D eigenvalue weighted by Gasteiger charge is -2.17. The molecule has 0 aromatic heterocycles. The second-order valence-corrected chi connectivity index (χ2v) is 10.9. The Labute approximate surface area is 178 Å². The summed E-state index contributed by atoms with van der Waals surface area (Å²) < 4.78 is 50.2. The lowest BCUT2D eigenvalue weighted by Crippen LogP contribution is -2.46. The zero-order valence-electron chi connectivity index (χ0n) is 16.9. The maximum Gasteiger partial charge on any atom is 0.238 e. The minimum absolute atomic E-state index is 0.170. The van der Waals surface area contributed by atoms with Gasteiger partial charge in [0.05, 0.1) is 5.75 Å². The van der Waals surface area contributed by atoms with E-state index in [0.717, 1.165) is 22.8 Å². The normalized spacial score (nSPS) is 13.3. The van der Waals surface area contributed by atoms with Gasteiger partial charge in [-0.1, -0.05) is 60.2 Å². The second kappa shape index (κ2) is 10.5. The van der Waals surface area contributed by atoms with E-state index in [1.54, 1.807) is 24.3 Å². The van der Waals surface area contributed by atoms with Crippen LogP contribution in [0.4, 0.5) is 0 Å². The molecule has 0 saturated heterocycles. The summed E-state index contributed by atoms with van der Waals surface area (Å²) in [6.45, 7) is 2.15. The highest BCUT2D eigenvalue weighted by Crippen LogP contribution is 2.07. The van der Waals surface area contributed by atoms with Crippen molar-refractivity contribution in [3.8, 4) is 0 Å². The largest absolute Gasteiger partial charge is 0.351 e. The zero-order valence-corrected chi connectivity index (χ0v) is 18.5. The number of aryl methyl sites for hydroxylation is 1. The molecule has 162 valence electrons. The van der Waals surface area contributed by atoms with Crippen molar-refractivity contribution < 1.29 is 21.6 Å². The van der Waals surface area contributed by atoms with Gasteiger partial charge < -0.3 is 5.32 Å². The highest BCUT2D eigenvalue weighted by molar-refractivity contribution is 7.92. The number of hydrogen-bond acceptors (Lipinski definition) is 5. The first-order valence-electron chi connectivity index (χ1n) is 9.30. The molecule has 0 aliphatic carbocycles. The van der Waals surface area contributed by atoms with Crippen LogP contribution in [0.2, 0.25) is 0 Å². The van der Waals surface area contributed by atoms with Crippen molar-refractivity contribution in [3.63, 3.8) is 0 Å². The van der Waals surface area contributed by atoms with Crippen molar-refractivity contribution in [3.05, 3.63) is 76.7 Å². The molecular weight excluding hydrogens is 424 g/mol. The molecular formula is C21H26N2O5S2. The second-order valence-electron chi connectivity index (χ2n) is 7.05. The monoisotopic (exact) mass is 450 g/mol. The van der Waals surface area contributed by atoms with E-state index in [-0.39, 0.29) is 18.7 Å². The highest BCUT2D eigenvalue weighted by atomic mass is 32.2. The molecule has 0 radical (unpaired) electrons. The number of benzene rings is 2. The number of carbonyl (C=O) groups is 1. The van der Waals surface area contributed by atoms with Crippen molar-refractivity contribution in [2.45, 2.75) is 25.9 Å². The number of amides is 1. The van der Waals surface area contributed by atoms with E-state index in [4.69, 9.17) is 0 Å². The summed E-state index contributed by atoms with van der Waals surface area (Å²) in [4.78, 5) is 12.6. The molecule has 0 spiro atoms. The molecule has 1 unspecified atom stereocenters. The lowest BCUT2D eigenvalue weighted by molar-refractivity contribution is -0.122. The Morgan fingerprint density at radius 1 is 1.00 bits per heavy atom. The molecule has 2 N–H and O–H groups in total. The van der Waals surface area contributed by atoms with E-state index in [0.29, 0.717) is 5.56 Å². The van der Waals surface area contributed by atoms with E-state index in [2.05, 4.69) is 10.0 Å². The van der Waals surface area contributed by atoms with Gasteiger partial charge in [0.1, 0.15) is 15.9 Å². The molecule has 2 aromatic carbocycles. The minimum atomic E-state index is -3.97. The van der Waals surface area contributed by atoms with Gasteiger partial charge in [0.15, 0.2) is 0 Å². The van der Waals surface area contributed by atoms with Crippen LogP contribution in [0.1, 0.15) is 23.1 Å². The predicted molar refractivity (Wildman–Crippen MR) is 119 cm³/mol. The van der Waals surface area contributed by atoms with Gasteiger partial charge in [0.2, 0.25) is 15.9 Å². The van der Waals surface area contributed by atoms with Crippen LogP contribution < -0.4 is 10.0 Å². The van der Waals surface area contributed by atoms with E-state index < -0.39 is 31.8 Å². The van der Waals surface area contributed by atoms with Crippen LogP contribution in [0, 0.1) is 6.92 Å². The first-order valence-corrected chi connectivity index (χ1v) is 12.9. The molecule has 0 aliphatic rings. The van der Waals surface area contributed by atoms with Gasteiger partial charge in [-0.25, -0.2) is 16.8 Å². The molecule has 2 aromatic rings. The third kappa shape index (κ3) is 8.89. The van der Waals surface area contributed by atoms with Gasteiger partial charge >= 0.3 is 0 Å². The van der Waals surface area contributed by atoms with Crippen molar-refractivity contribution in [1.82, 2.24) is 10.0 Å². The standard InChI is InChI=1S/C21H26N2O5S2/c1-17-8-10-19(11-9-17)16-22-21(24)20(13-14-29(2,25)26)23-30(27,28)15-12-18-6-4-3-5-7-18/h3-12,15,20,23H,13-14,16H2,1-2H3,(H,22,24)/b15-12+. The predicted octanol–water partition coefficient (Wildman–Crippen LogP) is 2.00. The van der Waals surface area contributed by atoms with Crippen LogP contribution in [0.5, 0.6) is 0 Å². The lowest BCUT2D eigenvalue weighted by atomic mass is 10.1. The van der Waals surface area contributed by atoms with Crippen LogP contribution >= 0.6 is 0 Å². The summed E-state index contributed by atoms with van der Waals surface area (Å²) in [5.41, 5.74) is 2.61. The van der Waals surface area contributed by atoms with E-state index in [1.165, 1.54) is 6.08 Å². The average molecular weight is 451 g/mol. The Balaban J connectivity index is 2.09. The Kier molecular flexibility index (Phi) is 8.33. The number of rotatable bonds is 10. The van der Waals surface area contributed by atoms with Gasteiger partial charge in [-0.3, -0.25) is 4.79 Å². The van der Waals surface area contributed by atoms with Gasteiger partial charge in [-0.2, -0.15) is 4.72 Å². The molecule has 0 fully saturated rings. The number of sulfone groups is 1. The summed E-state index contributed by atoms with van der Waals surface area (Å²) in [5.74, 6) is -0.906. The van der Waals surface area contributed by atoms with Crippen molar-refractivity contribution in [2.24, 2.45) is 0 Å². The Bertz CT molecular complexity index is 1080. The SMILES string of the molecule is Cc1ccc(CNC(=O)C(CCS(C)(=O)=O)NS(=O)(=O)/C=C/c2ccccc2)cc1. The summed E-state index contributed by atoms with van der Waals surface area (Å²) in [6.07, 6.45) is 2.27.